The number of halogens is 2. The second-order valence-corrected chi connectivity index (χ2v) is 6.35. The third kappa shape index (κ3) is 4.51. The maximum Gasteiger partial charge on any atom is 0.344 e. The van der Waals surface area contributed by atoms with Crippen LogP contribution in [0.1, 0.15) is 15.9 Å². The number of hydrogen-bond donors (Lipinski definition) is 0. The molecule has 1 heterocycles. The molecule has 0 saturated heterocycles. The van der Waals surface area contributed by atoms with Crippen LogP contribution in [0.25, 0.3) is 6.08 Å². The molecule has 0 atom stereocenters. The van der Waals surface area contributed by atoms with Gasteiger partial charge in [-0.2, -0.15) is 0 Å². The molecule has 0 unspecified atom stereocenters. The largest absolute Gasteiger partial charge is 0.482 e. The van der Waals surface area contributed by atoms with Gasteiger partial charge in [-0.25, -0.2) is 4.79 Å². The van der Waals surface area contributed by atoms with E-state index in [1.54, 1.807) is 42.5 Å². The maximum absolute atomic E-state index is 12.5. The summed E-state index contributed by atoms with van der Waals surface area (Å²) in [6, 6.07) is 9.72. The van der Waals surface area contributed by atoms with Crippen LogP contribution in [0.5, 0.6) is 11.5 Å². The molecule has 0 spiro atoms. The zero-order valence-electron chi connectivity index (χ0n) is 14.0. The Morgan fingerprint density at radius 3 is 2.70 bits per heavy atom. The van der Waals surface area contributed by atoms with Crippen molar-refractivity contribution in [3.63, 3.8) is 0 Å². The second kappa shape index (κ2) is 8.29. The summed E-state index contributed by atoms with van der Waals surface area (Å²) in [6.07, 6.45) is 3.05. The summed E-state index contributed by atoms with van der Waals surface area (Å²) in [5, 5.41) is 0.808. The number of ketones is 1. The Labute approximate surface area is 165 Å². The summed E-state index contributed by atoms with van der Waals surface area (Å²) in [5.74, 6) is 0.114. The smallest absolute Gasteiger partial charge is 0.344 e. The molecule has 0 aromatic heterocycles. The molecule has 2 aromatic rings. The highest BCUT2D eigenvalue weighted by molar-refractivity contribution is 6.42. The SMILES string of the molecule is C=CCOC(=O)COc1ccc2c(c1)O/C(=C/c1ccc(Cl)c(Cl)c1)C2=O. The zero-order valence-corrected chi connectivity index (χ0v) is 15.5. The highest BCUT2D eigenvalue weighted by Gasteiger charge is 2.27. The highest BCUT2D eigenvalue weighted by Crippen LogP contribution is 2.35. The van der Waals surface area contributed by atoms with E-state index in [0.717, 1.165) is 0 Å². The third-order valence-corrected chi connectivity index (χ3v) is 4.34. The van der Waals surface area contributed by atoms with Crippen LogP contribution in [0.3, 0.4) is 0 Å². The van der Waals surface area contributed by atoms with Gasteiger partial charge in [-0.15, -0.1) is 0 Å². The van der Waals surface area contributed by atoms with Gasteiger partial charge < -0.3 is 14.2 Å². The molecular formula is C20H14Cl2O5. The van der Waals surface area contributed by atoms with Gasteiger partial charge in [0.15, 0.2) is 12.4 Å². The van der Waals surface area contributed by atoms with E-state index >= 15 is 0 Å². The minimum atomic E-state index is -0.521. The normalized spacial score (nSPS) is 13.9. The van der Waals surface area contributed by atoms with Crippen molar-refractivity contribution >= 4 is 41.0 Å². The van der Waals surface area contributed by atoms with Gasteiger partial charge in [0.05, 0.1) is 15.6 Å². The van der Waals surface area contributed by atoms with Crippen LogP contribution < -0.4 is 9.47 Å². The van der Waals surface area contributed by atoms with Crippen LogP contribution in [0.15, 0.2) is 54.8 Å². The molecular weight excluding hydrogens is 391 g/mol. The van der Waals surface area contributed by atoms with Gasteiger partial charge in [-0.05, 0) is 35.9 Å². The number of esters is 1. The summed E-state index contributed by atoms with van der Waals surface area (Å²) in [4.78, 5) is 23.9. The van der Waals surface area contributed by atoms with Crippen LogP contribution >= 0.6 is 23.2 Å². The molecule has 2 aromatic carbocycles. The van der Waals surface area contributed by atoms with Crippen molar-refractivity contribution < 1.29 is 23.8 Å². The van der Waals surface area contributed by atoms with Gasteiger partial charge in [0.25, 0.3) is 0 Å². The van der Waals surface area contributed by atoms with E-state index in [-0.39, 0.29) is 24.8 Å². The minimum Gasteiger partial charge on any atom is -0.482 e. The standard InChI is InChI=1S/C20H14Cl2O5/c1-2-7-25-19(23)11-26-13-4-5-14-17(10-13)27-18(20(14)24)9-12-3-6-15(21)16(22)8-12/h2-6,8-10H,1,7,11H2/b18-9+. The number of benzene rings is 2. The summed E-state index contributed by atoms with van der Waals surface area (Å²) in [5.41, 5.74) is 1.09. The van der Waals surface area contributed by atoms with E-state index in [9.17, 15) is 9.59 Å². The number of carbonyl (C=O) groups is 2. The first-order valence-corrected chi connectivity index (χ1v) is 8.66. The molecule has 0 bridgehead atoms. The van der Waals surface area contributed by atoms with Crippen molar-refractivity contribution in [3.05, 3.63) is 76.0 Å². The average molecular weight is 405 g/mol. The van der Waals surface area contributed by atoms with Crippen molar-refractivity contribution in [2.75, 3.05) is 13.2 Å². The van der Waals surface area contributed by atoms with Crippen molar-refractivity contribution in [1.29, 1.82) is 0 Å². The average Bonchev–Trinajstić information content (AvgIpc) is 2.96. The number of Topliss-reactive ketones (excluding diaryl/α,β-unsaturated/α-hetero) is 1. The number of fused-ring (bicyclic) bond motifs is 1. The predicted molar refractivity (Wildman–Crippen MR) is 102 cm³/mol. The lowest BCUT2D eigenvalue weighted by atomic mass is 10.1. The van der Waals surface area contributed by atoms with Gasteiger partial charge >= 0.3 is 5.97 Å². The number of allylic oxidation sites excluding steroid dienone is 1. The van der Waals surface area contributed by atoms with Crippen LogP contribution in [-0.4, -0.2) is 25.0 Å². The lowest BCUT2D eigenvalue weighted by Crippen LogP contribution is -2.14. The van der Waals surface area contributed by atoms with Gasteiger partial charge in [-0.1, -0.05) is 41.9 Å². The summed E-state index contributed by atoms with van der Waals surface area (Å²) in [6.45, 7) is 3.32. The fourth-order valence-electron chi connectivity index (χ4n) is 2.35. The molecule has 1 aliphatic rings. The summed E-state index contributed by atoms with van der Waals surface area (Å²) >= 11 is 11.9. The molecule has 0 N–H and O–H groups in total. The van der Waals surface area contributed by atoms with Gasteiger partial charge in [-0.3, -0.25) is 4.79 Å². The topological polar surface area (TPSA) is 61.8 Å². The van der Waals surface area contributed by atoms with E-state index in [4.69, 9.17) is 37.4 Å². The molecule has 0 aliphatic carbocycles. The van der Waals surface area contributed by atoms with Crippen molar-refractivity contribution in [2.24, 2.45) is 0 Å². The Morgan fingerprint density at radius 2 is 1.96 bits per heavy atom. The summed E-state index contributed by atoms with van der Waals surface area (Å²) < 4.78 is 15.8. The van der Waals surface area contributed by atoms with Gasteiger partial charge in [0, 0.05) is 6.07 Å². The molecule has 3 rings (SSSR count). The maximum atomic E-state index is 12.5. The lowest BCUT2D eigenvalue weighted by Gasteiger charge is -2.06. The Morgan fingerprint density at radius 1 is 1.15 bits per heavy atom. The van der Waals surface area contributed by atoms with Gasteiger partial charge in [0.2, 0.25) is 5.78 Å². The number of ether oxygens (including phenoxy) is 3. The first-order valence-electron chi connectivity index (χ1n) is 7.90. The van der Waals surface area contributed by atoms with Crippen molar-refractivity contribution in [3.8, 4) is 11.5 Å². The van der Waals surface area contributed by atoms with Crippen molar-refractivity contribution in [2.45, 2.75) is 0 Å². The quantitative estimate of drug-likeness (QED) is 0.396. The molecule has 5 nitrogen and oxygen atoms in total. The fourth-order valence-corrected chi connectivity index (χ4v) is 2.65. The van der Waals surface area contributed by atoms with E-state index in [0.29, 0.717) is 32.7 Å². The minimum absolute atomic E-state index is 0.118. The highest BCUT2D eigenvalue weighted by atomic mass is 35.5. The first kappa shape index (κ1) is 19.0. The van der Waals surface area contributed by atoms with Crippen molar-refractivity contribution in [1.82, 2.24) is 0 Å². The van der Waals surface area contributed by atoms with Crippen LogP contribution in [-0.2, 0) is 9.53 Å². The van der Waals surface area contributed by atoms with Crippen LogP contribution in [0, 0.1) is 0 Å². The van der Waals surface area contributed by atoms with E-state index < -0.39 is 5.97 Å². The second-order valence-electron chi connectivity index (χ2n) is 5.53. The van der Waals surface area contributed by atoms with E-state index in [1.165, 1.54) is 6.08 Å². The molecule has 138 valence electrons. The summed E-state index contributed by atoms with van der Waals surface area (Å²) in [7, 11) is 0. The van der Waals surface area contributed by atoms with Crippen LogP contribution in [0.4, 0.5) is 0 Å². The monoisotopic (exact) mass is 404 g/mol. The van der Waals surface area contributed by atoms with Gasteiger partial charge in [0.1, 0.15) is 18.1 Å². The van der Waals surface area contributed by atoms with E-state index in [1.807, 2.05) is 0 Å². The Kier molecular flexibility index (Phi) is 5.84. The molecule has 1 aliphatic heterocycles. The third-order valence-electron chi connectivity index (χ3n) is 3.60. The molecule has 27 heavy (non-hydrogen) atoms. The van der Waals surface area contributed by atoms with Crippen LogP contribution in [0.2, 0.25) is 10.0 Å². The first-order chi connectivity index (χ1) is 13.0. The fraction of sp³-hybridized carbons (Fsp3) is 0.100. The Bertz CT molecular complexity index is 949. The molecule has 0 fully saturated rings. The Balaban J connectivity index is 1.73. The number of carbonyl (C=O) groups excluding carboxylic acids is 2. The molecule has 0 radical (unpaired) electrons. The predicted octanol–water partition coefficient (Wildman–Crippen LogP) is 4.72. The molecule has 0 amide bonds. The number of hydrogen-bond acceptors (Lipinski definition) is 5. The Hall–Kier alpha value is -2.76. The van der Waals surface area contributed by atoms with E-state index in [2.05, 4.69) is 6.58 Å². The lowest BCUT2D eigenvalue weighted by molar-refractivity contribution is -0.144. The number of rotatable bonds is 6. The molecule has 0 saturated carbocycles. The molecule has 7 heteroatoms. The zero-order chi connectivity index (χ0) is 19.4.